The first-order chi connectivity index (χ1) is 10.9. The molecule has 2 aromatic rings. The molecule has 124 valence electrons. The van der Waals surface area contributed by atoms with E-state index >= 15 is 0 Å². The summed E-state index contributed by atoms with van der Waals surface area (Å²) in [5, 5.41) is 14.1. The van der Waals surface area contributed by atoms with Crippen LogP contribution in [0, 0.1) is 6.92 Å². The molecule has 0 unspecified atom stereocenters. The van der Waals surface area contributed by atoms with Crippen LogP contribution in [-0.2, 0) is 14.3 Å². The van der Waals surface area contributed by atoms with Gasteiger partial charge < -0.3 is 14.6 Å². The number of halogens is 1. The molecule has 0 aliphatic carbocycles. The van der Waals surface area contributed by atoms with Gasteiger partial charge in [0.2, 0.25) is 0 Å². The Morgan fingerprint density at radius 2 is 2.00 bits per heavy atom. The van der Waals surface area contributed by atoms with Crippen LogP contribution in [0.25, 0.3) is 5.65 Å². The van der Waals surface area contributed by atoms with Crippen molar-refractivity contribution in [2.24, 2.45) is 0 Å². The monoisotopic (exact) mass is 341 g/mol. The van der Waals surface area contributed by atoms with Gasteiger partial charge in [-0.2, -0.15) is 5.10 Å². The largest absolute Gasteiger partial charge is 0.464 e. The van der Waals surface area contributed by atoms with E-state index in [2.05, 4.69) is 10.1 Å². The number of esters is 2. The lowest BCUT2D eigenvalue weighted by Gasteiger charge is -2.14. The van der Waals surface area contributed by atoms with Crippen LogP contribution < -0.4 is 0 Å². The quantitative estimate of drug-likeness (QED) is 0.648. The number of ether oxygens (including phenoxy) is 2. The fraction of sp³-hybridized carbons (Fsp3) is 0.429. The zero-order valence-electron chi connectivity index (χ0n) is 12.9. The molecule has 0 spiro atoms. The number of nitrogens with zero attached hydrogens (tertiary/aromatic N) is 3. The highest BCUT2D eigenvalue weighted by Gasteiger charge is 2.27. The minimum Gasteiger partial charge on any atom is -0.464 e. The highest BCUT2D eigenvalue weighted by Crippen LogP contribution is 2.27. The summed E-state index contributed by atoms with van der Waals surface area (Å²) < 4.78 is 10.8. The number of aromatic nitrogens is 3. The molecule has 9 heteroatoms. The number of rotatable bonds is 5. The fourth-order valence-electron chi connectivity index (χ4n) is 2.05. The smallest absolute Gasteiger partial charge is 0.358 e. The van der Waals surface area contributed by atoms with Crippen LogP contribution in [0.2, 0.25) is 5.15 Å². The number of aryl methyl sites for hydroxylation is 1. The van der Waals surface area contributed by atoms with Gasteiger partial charge in [0.05, 0.1) is 18.8 Å². The summed E-state index contributed by atoms with van der Waals surface area (Å²) >= 11 is 6.22. The molecule has 2 heterocycles. The maximum atomic E-state index is 11.7. The van der Waals surface area contributed by atoms with Crippen LogP contribution in [0.3, 0.4) is 0 Å². The predicted molar refractivity (Wildman–Crippen MR) is 80.3 cm³/mol. The first-order valence-corrected chi connectivity index (χ1v) is 7.36. The molecule has 0 radical (unpaired) electrons. The van der Waals surface area contributed by atoms with E-state index in [4.69, 9.17) is 21.1 Å². The Morgan fingerprint density at radius 3 is 2.61 bits per heavy atom. The van der Waals surface area contributed by atoms with Crippen molar-refractivity contribution in [1.82, 2.24) is 14.6 Å². The van der Waals surface area contributed by atoms with E-state index in [-0.39, 0.29) is 29.6 Å². The number of aliphatic hydroxyl groups excluding tert-OH is 1. The van der Waals surface area contributed by atoms with Gasteiger partial charge in [0.15, 0.2) is 17.4 Å². The van der Waals surface area contributed by atoms with E-state index in [1.54, 1.807) is 20.8 Å². The highest BCUT2D eigenvalue weighted by molar-refractivity contribution is 6.30. The van der Waals surface area contributed by atoms with E-state index in [0.717, 1.165) is 0 Å². The van der Waals surface area contributed by atoms with E-state index in [0.29, 0.717) is 11.3 Å². The summed E-state index contributed by atoms with van der Waals surface area (Å²) in [5.74, 6) is -1.45. The molecule has 0 aromatic carbocycles. The number of hydrogen-bond donors (Lipinski definition) is 1. The molecule has 0 saturated heterocycles. The first kappa shape index (κ1) is 17.2. The summed E-state index contributed by atoms with van der Waals surface area (Å²) in [7, 11) is 0. The minimum atomic E-state index is -1.59. The van der Waals surface area contributed by atoms with Gasteiger partial charge in [-0.15, -0.1) is 0 Å². The van der Waals surface area contributed by atoms with Gasteiger partial charge in [0.25, 0.3) is 0 Å². The van der Waals surface area contributed by atoms with E-state index < -0.39 is 18.0 Å². The van der Waals surface area contributed by atoms with Crippen molar-refractivity contribution in [2.75, 3.05) is 13.2 Å². The molecule has 23 heavy (non-hydrogen) atoms. The van der Waals surface area contributed by atoms with Crippen LogP contribution in [0.5, 0.6) is 0 Å². The average molecular weight is 342 g/mol. The molecule has 0 aliphatic heterocycles. The molecule has 2 rings (SSSR count). The van der Waals surface area contributed by atoms with Gasteiger partial charge in [-0.1, -0.05) is 11.6 Å². The first-order valence-electron chi connectivity index (χ1n) is 6.98. The number of aliphatic hydroxyl groups is 1. The third-order valence-corrected chi connectivity index (χ3v) is 3.40. The van der Waals surface area contributed by atoms with Gasteiger partial charge in [-0.3, -0.25) is 0 Å². The van der Waals surface area contributed by atoms with Crippen LogP contribution in [0.4, 0.5) is 0 Å². The normalized spacial score (nSPS) is 12.2. The fourth-order valence-corrected chi connectivity index (χ4v) is 2.41. The van der Waals surface area contributed by atoms with Crippen molar-refractivity contribution in [3.8, 4) is 0 Å². The van der Waals surface area contributed by atoms with E-state index in [1.807, 2.05) is 0 Å². The van der Waals surface area contributed by atoms with Crippen molar-refractivity contribution in [2.45, 2.75) is 26.9 Å². The molecule has 0 saturated carbocycles. The van der Waals surface area contributed by atoms with E-state index in [1.165, 1.54) is 10.6 Å². The minimum absolute atomic E-state index is 0.0244. The Kier molecular flexibility index (Phi) is 5.17. The topological polar surface area (TPSA) is 103 Å². The maximum absolute atomic E-state index is 11.7. The third-order valence-electron chi connectivity index (χ3n) is 3.04. The third kappa shape index (κ3) is 3.27. The van der Waals surface area contributed by atoms with Crippen LogP contribution in [-0.4, -0.2) is 44.9 Å². The second-order valence-corrected chi connectivity index (χ2v) is 4.93. The lowest BCUT2D eigenvalue weighted by Crippen LogP contribution is -2.18. The second kappa shape index (κ2) is 6.93. The lowest BCUT2D eigenvalue weighted by atomic mass is 10.1. The van der Waals surface area contributed by atoms with Crippen LogP contribution in [0.1, 0.15) is 41.7 Å². The standard InChI is InChI=1S/C14H16ClN3O5/c1-4-22-13(20)8-6-9-16-7(3)10(12(15)18(9)17-8)11(19)14(21)23-5-2/h6,11,19H,4-5H2,1-3H3/t11-/m0/s1. The zero-order chi connectivity index (χ0) is 17.1. The highest BCUT2D eigenvalue weighted by atomic mass is 35.5. The number of fused-ring (bicyclic) bond motifs is 1. The maximum Gasteiger partial charge on any atom is 0.358 e. The van der Waals surface area contributed by atoms with Crippen molar-refractivity contribution in [3.63, 3.8) is 0 Å². The molecule has 0 aliphatic rings. The van der Waals surface area contributed by atoms with E-state index in [9.17, 15) is 14.7 Å². The van der Waals surface area contributed by atoms with Crippen molar-refractivity contribution in [1.29, 1.82) is 0 Å². The predicted octanol–water partition coefficient (Wildman–Crippen LogP) is 1.46. The van der Waals surface area contributed by atoms with Crippen molar-refractivity contribution >= 4 is 29.2 Å². The number of hydrogen-bond acceptors (Lipinski definition) is 7. The summed E-state index contributed by atoms with van der Waals surface area (Å²) in [4.78, 5) is 27.7. The summed E-state index contributed by atoms with van der Waals surface area (Å²) in [6.07, 6.45) is -1.59. The summed E-state index contributed by atoms with van der Waals surface area (Å²) in [6.45, 7) is 5.22. The molecule has 0 bridgehead atoms. The Bertz CT molecular complexity index is 758. The molecule has 0 amide bonds. The van der Waals surface area contributed by atoms with Crippen molar-refractivity contribution < 1.29 is 24.2 Å². The molecule has 2 aromatic heterocycles. The number of carbonyl (C=O) groups is 2. The molecular weight excluding hydrogens is 326 g/mol. The van der Waals surface area contributed by atoms with Gasteiger partial charge in [0.1, 0.15) is 5.15 Å². The van der Waals surface area contributed by atoms with Crippen LogP contribution in [0.15, 0.2) is 6.07 Å². The van der Waals surface area contributed by atoms with Crippen LogP contribution >= 0.6 is 11.6 Å². The lowest BCUT2D eigenvalue weighted by molar-refractivity contribution is -0.153. The Labute approximate surface area is 137 Å². The average Bonchev–Trinajstić information content (AvgIpc) is 2.91. The number of carbonyl (C=O) groups excluding carboxylic acids is 2. The van der Waals surface area contributed by atoms with Gasteiger partial charge in [-0.25, -0.2) is 19.1 Å². The molecule has 1 N–H and O–H groups in total. The molecular formula is C14H16ClN3O5. The Hall–Kier alpha value is -2.19. The second-order valence-electron chi connectivity index (χ2n) is 4.58. The SMILES string of the molecule is CCOC(=O)c1cc2nc(C)c([C@H](O)C(=O)OCC)c(Cl)n2n1. The molecule has 8 nitrogen and oxygen atoms in total. The Morgan fingerprint density at radius 1 is 1.35 bits per heavy atom. The van der Waals surface area contributed by atoms with Gasteiger partial charge in [-0.05, 0) is 20.8 Å². The van der Waals surface area contributed by atoms with Crippen molar-refractivity contribution in [3.05, 3.63) is 28.2 Å². The molecule has 0 fully saturated rings. The molecule has 1 atom stereocenters. The zero-order valence-corrected chi connectivity index (χ0v) is 13.6. The summed E-state index contributed by atoms with van der Waals surface area (Å²) in [5.41, 5.74) is 0.744. The van der Waals surface area contributed by atoms with Gasteiger partial charge >= 0.3 is 11.9 Å². The Balaban J connectivity index is 2.52. The summed E-state index contributed by atoms with van der Waals surface area (Å²) in [6, 6.07) is 1.41. The van der Waals surface area contributed by atoms with Gasteiger partial charge in [0, 0.05) is 11.8 Å².